The fourth-order valence-electron chi connectivity index (χ4n) is 2.58. The summed E-state index contributed by atoms with van der Waals surface area (Å²) in [7, 11) is 0. The predicted molar refractivity (Wildman–Crippen MR) is 76.0 cm³/mol. The quantitative estimate of drug-likeness (QED) is 0.923. The van der Waals surface area contributed by atoms with Gasteiger partial charge in [-0.2, -0.15) is 0 Å². The Morgan fingerprint density at radius 2 is 2.05 bits per heavy atom. The van der Waals surface area contributed by atoms with Crippen molar-refractivity contribution >= 4 is 5.69 Å². The van der Waals surface area contributed by atoms with E-state index >= 15 is 0 Å². The van der Waals surface area contributed by atoms with Gasteiger partial charge in [-0.3, -0.25) is 0 Å². The summed E-state index contributed by atoms with van der Waals surface area (Å²) in [5.74, 6) is -1.03. The van der Waals surface area contributed by atoms with Gasteiger partial charge in [0, 0.05) is 19.1 Å². The highest BCUT2D eigenvalue weighted by Gasteiger charge is 2.24. The number of nitrogens with two attached hydrogens (primary N) is 1. The third kappa shape index (κ3) is 3.46. The number of rotatable bonds is 4. The molecule has 0 spiro atoms. The number of ether oxygens (including phenoxy) is 1. The van der Waals surface area contributed by atoms with Crippen LogP contribution in [-0.2, 0) is 11.2 Å². The third-order valence-electron chi connectivity index (χ3n) is 3.54. The Bertz CT molecular complexity index is 442. The minimum Gasteiger partial charge on any atom is -0.375 e. The van der Waals surface area contributed by atoms with Gasteiger partial charge in [-0.15, -0.1) is 0 Å². The first-order chi connectivity index (χ1) is 9.51. The fraction of sp³-hybridized carbons (Fsp3) is 0.600. The zero-order valence-corrected chi connectivity index (χ0v) is 12.0. The van der Waals surface area contributed by atoms with Crippen molar-refractivity contribution in [3.8, 4) is 0 Å². The molecule has 1 aromatic carbocycles. The number of halogens is 2. The summed E-state index contributed by atoms with van der Waals surface area (Å²) in [6.07, 6.45) is 1.34. The van der Waals surface area contributed by atoms with Gasteiger partial charge < -0.3 is 15.4 Å². The molecule has 2 N–H and O–H groups in total. The van der Waals surface area contributed by atoms with E-state index in [1.165, 1.54) is 12.1 Å². The first-order valence-electron chi connectivity index (χ1n) is 7.11. The summed E-state index contributed by atoms with van der Waals surface area (Å²) in [4.78, 5) is 1.73. The molecule has 1 heterocycles. The number of anilines is 1. The molecule has 1 aliphatic rings. The number of hydrogen-bond acceptors (Lipinski definition) is 3. The Labute approximate surface area is 118 Å². The molecule has 5 heteroatoms. The van der Waals surface area contributed by atoms with Gasteiger partial charge in [0.25, 0.3) is 0 Å². The lowest BCUT2D eigenvalue weighted by atomic mass is 10.1. The van der Waals surface area contributed by atoms with Crippen LogP contribution in [0, 0.1) is 11.6 Å². The van der Waals surface area contributed by atoms with E-state index in [1.807, 2.05) is 13.8 Å². The molecular weight excluding hydrogens is 262 g/mol. The molecule has 0 saturated carbocycles. The van der Waals surface area contributed by atoms with Crippen LogP contribution in [0.2, 0.25) is 0 Å². The molecule has 1 fully saturated rings. The van der Waals surface area contributed by atoms with Crippen LogP contribution < -0.4 is 10.6 Å². The zero-order valence-electron chi connectivity index (χ0n) is 12.0. The summed E-state index contributed by atoms with van der Waals surface area (Å²) in [6, 6.07) is 2.66. The average molecular weight is 284 g/mol. The second-order valence-electron chi connectivity index (χ2n) is 5.44. The Hall–Kier alpha value is -1.20. The van der Waals surface area contributed by atoms with Gasteiger partial charge in [-0.05, 0) is 37.5 Å². The monoisotopic (exact) mass is 284 g/mol. The lowest BCUT2D eigenvalue weighted by molar-refractivity contribution is 0.0380. The van der Waals surface area contributed by atoms with Crippen molar-refractivity contribution in [2.24, 2.45) is 5.73 Å². The maximum atomic E-state index is 14.2. The highest BCUT2D eigenvalue weighted by molar-refractivity contribution is 5.51. The van der Waals surface area contributed by atoms with Crippen LogP contribution in [0.25, 0.3) is 0 Å². The second-order valence-corrected chi connectivity index (χ2v) is 5.44. The second kappa shape index (κ2) is 6.50. The van der Waals surface area contributed by atoms with Crippen LogP contribution in [0.4, 0.5) is 14.5 Å². The van der Waals surface area contributed by atoms with E-state index in [2.05, 4.69) is 0 Å². The fourth-order valence-corrected chi connectivity index (χ4v) is 2.58. The largest absolute Gasteiger partial charge is 0.375 e. The van der Waals surface area contributed by atoms with E-state index in [-0.39, 0.29) is 17.8 Å². The van der Waals surface area contributed by atoms with Gasteiger partial charge in [-0.1, -0.05) is 6.92 Å². The van der Waals surface area contributed by atoms with Crippen LogP contribution in [0.1, 0.15) is 25.8 Å². The molecular formula is C15H22F2N2O. The molecule has 0 radical (unpaired) electrons. The van der Waals surface area contributed by atoms with Crippen molar-refractivity contribution in [3.05, 3.63) is 29.3 Å². The number of benzene rings is 1. The molecule has 0 bridgehead atoms. The summed E-state index contributed by atoms with van der Waals surface area (Å²) in [5, 5.41) is 0. The first-order valence-corrected chi connectivity index (χ1v) is 7.11. The van der Waals surface area contributed by atoms with Crippen LogP contribution >= 0.6 is 0 Å². The third-order valence-corrected chi connectivity index (χ3v) is 3.54. The van der Waals surface area contributed by atoms with E-state index < -0.39 is 11.6 Å². The average Bonchev–Trinajstić information content (AvgIpc) is 2.37. The molecule has 1 aromatic rings. The molecule has 0 aliphatic carbocycles. The highest BCUT2D eigenvalue weighted by atomic mass is 19.1. The SMILES string of the molecule is CCC1CN(c2c(F)cc(CC(C)N)cc2F)CCO1. The minimum absolute atomic E-state index is 0.0336. The molecule has 1 saturated heterocycles. The molecule has 112 valence electrons. The zero-order chi connectivity index (χ0) is 14.7. The van der Waals surface area contributed by atoms with Gasteiger partial charge in [0.2, 0.25) is 0 Å². The van der Waals surface area contributed by atoms with Crippen LogP contribution in [-0.4, -0.2) is 31.8 Å². The number of hydrogen-bond donors (Lipinski definition) is 1. The maximum Gasteiger partial charge on any atom is 0.149 e. The number of nitrogens with zero attached hydrogens (tertiary/aromatic N) is 1. The molecule has 2 atom stereocenters. The summed E-state index contributed by atoms with van der Waals surface area (Å²) >= 11 is 0. The van der Waals surface area contributed by atoms with Gasteiger partial charge in [-0.25, -0.2) is 8.78 Å². The lowest BCUT2D eigenvalue weighted by Gasteiger charge is -2.34. The predicted octanol–water partition coefficient (Wildman–Crippen LogP) is 2.47. The van der Waals surface area contributed by atoms with Gasteiger partial charge in [0.1, 0.15) is 17.3 Å². The van der Waals surface area contributed by atoms with Crippen molar-refractivity contribution in [2.45, 2.75) is 38.8 Å². The Balaban J connectivity index is 2.23. The minimum atomic E-state index is -0.516. The molecule has 2 unspecified atom stereocenters. The van der Waals surface area contributed by atoms with Crippen molar-refractivity contribution < 1.29 is 13.5 Å². The lowest BCUT2D eigenvalue weighted by Crippen LogP contribution is -2.43. The maximum absolute atomic E-state index is 14.2. The molecule has 3 nitrogen and oxygen atoms in total. The molecule has 2 rings (SSSR count). The van der Waals surface area contributed by atoms with Crippen molar-refractivity contribution in [3.63, 3.8) is 0 Å². The van der Waals surface area contributed by atoms with E-state index in [1.54, 1.807) is 4.90 Å². The molecule has 20 heavy (non-hydrogen) atoms. The highest BCUT2D eigenvalue weighted by Crippen LogP contribution is 2.27. The summed E-state index contributed by atoms with van der Waals surface area (Å²) in [6.45, 7) is 5.36. The Kier molecular flexibility index (Phi) is 4.94. The molecule has 0 aromatic heterocycles. The van der Waals surface area contributed by atoms with Crippen molar-refractivity contribution in [1.29, 1.82) is 0 Å². The van der Waals surface area contributed by atoms with E-state index in [0.717, 1.165) is 6.42 Å². The summed E-state index contributed by atoms with van der Waals surface area (Å²) < 4.78 is 34.0. The summed E-state index contributed by atoms with van der Waals surface area (Å²) in [5.41, 5.74) is 6.32. The number of morpholine rings is 1. The van der Waals surface area contributed by atoms with Crippen molar-refractivity contribution in [1.82, 2.24) is 0 Å². The van der Waals surface area contributed by atoms with Crippen LogP contribution in [0.15, 0.2) is 12.1 Å². The van der Waals surface area contributed by atoms with Crippen LogP contribution in [0.3, 0.4) is 0 Å². The van der Waals surface area contributed by atoms with Gasteiger partial charge in [0.15, 0.2) is 0 Å². The Morgan fingerprint density at radius 1 is 1.40 bits per heavy atom. The van der Waals surface area contributed by atoms with E-state index in [4.69, 9.17) is 10.5 Å². The smallest absolute Gasteiger partial charge is 0.149 e. The van der Waals surface area contributed by atoms with E-state index in [0.29, 0.717) is 31.7 Å². The van der Waals surface area contributed by atoms with Gasteiger partial charge >= 0.3 is 0 Å². The molecule has 1 aliphatic heterocycles. The van der Waals surface area contributed by atoms with Gasteiger partial charge in [0.05, 0.1) is 12.7 Å². The topological polar surface area (TPSA) is 38.5 Å². The normalized spacial score (nSPS) is 21.1. The van der Waals surface area contributed by atoms with E-state index in [9.17, 15) is 8.78 Å². The van der Waals surface area contributed by atoms with Crippen LogP contribution in [0.5, 0.6) is 0 Å². The Morgan fingerprint density at radius 3 is 2.60 bits per heavy atom. The first kappa shape index (κ1) is 15.2. The standard InChI is InChI=1S/C15H22F2N2O/c1-3-12-9-19(4-5-20-12)15-13(16)7-11(6-10(2)18)8-14(15)17/h7-8,10,12H,3-6,9,18H2,1-2H3. The van der Waals surface area contributed by atoms with Crippen molar-refractivity contribution in [2.75, 3.05) is 24.6 Å². The molecule has 0 amide bonds.